The van der Waals surface area contributed by atoms with E-state index in [9.17, 15) is 14.0 Å². The number of nitrogens with one attached hydrogen (secondary N) is 1. The van der Waals surface area contributed by atoms with Crippen LogP contribution < -0.4 is 5.32 Å². The molecule has 0 saturated carbocycles. The highest BCUT2D eigenvalue weighted by atomic mass is 35.5. The Morgan fingerprint density at radius 2 is 1.65 bits per heavy atom. The lowest BCUT2D eigenvalue weighted by molar-refractivity contribution is -0.137. The lowest BCUT2D eigenvalue weighted by Crippen LogP contribution is -2.57. The first-order valence-electron chi connectivity index (χ1n) is 15.5. The van der Waals surface area contributed by atoms with Gasteiger partial charge in [-0.05, 0) is 101 Å². The van der Waals surface area contributed by atoms with Gasteiger partial charge < -0.3 is 10.2 Å². The third kappa shape index (κ3) is 5.50. The zero-order valence-electron chi connectivity index (χ0n) is 26.8. The smallest absolute Gasteiger partial charge is 0.227 e. The van der Waals surface area contributed by atoms with Gasteiger partial charge in [0.1, 0.15) is 11.6 Å². The summed E-state index contributed by atoms with van der Waals surface area (Å²) < 4.78 is 28.8. The Kier molecular flexibility index (Phi) is 8.04. The number of benzene rings is 2. The largest absolute Gasteiger partial charge is 0.351 e. The lowest BCUT2D eigenvalue weighted by Gasteiger charge is -2.46. The van der Waals surface area contributed by atoms with Crippen molar-refractivity contribution in [3.63, 3.8) is 0 Å². The summed E-state index contributed by atoms with van der Waals surface area (Å²) >= 11 is 6.68. The van der Waals surface area contributed by atoms with Crippen molar-refractivity contribution in [2.45, 2.75) is 102 Å². The van der Waals surface area contributed by atoms with E-state index in [0.29, 0.717) is 31.7 Å². The summed E-state index contributed by atoms with van der Waals surface area (Å²) in [4.78, 5) is 30.7. The summed E-state index contributed by atoms with van der Waals surface area (Å²) in [7, 11) is 0. The number of aryl methyl sites for hydroxylation is 1. The number of carbonyl (C=O) groups is 2. The van der Waals surface area contributed by atoms with Gasteiger partial charge in [-0.1, -0.05) is 30.7 Å². The Bertz CT molecular complexity index is 1440. The first-order chi connectivity index (χ1) is 19.9. The molecule has 3 atom stereocenters. The fourth-order valence-corrected chi connectivity index (χ4v) is 8.30. The van der Waals surface area contributed by atoms with Crippen LogP contribution >= 0.6 is 11.6 Å². The molecule has 5 rings (SSSR count). The molecule has 234 valence electrons. The number of hydrogen-bond donors (Lipinski definition) is 1. The summed E-state index contributed by atoms with van der Waals surface area (Å²) in [5, 5.41) is 3.92. The molecule has 1 N–H and O–H groups in total. The number of rotatable bonds is 4. The molecule has 2 saturated heterocycles. The van der Waals surface area contributed by atoms with Gasteiger partial charge in [-0.2, -0.15) is 0 Å². The molecule has 0 aromatic heterocycles. The molecule has 1 aliphatic carbocycles. The van der Waals surface area contributed by atoms with Gasteiger partial charge in [0, 0.05) is 66.6 Å². The molecule has 0 bridgehead atoms. The second kappa shape index (κ2) is 10.8. The Hall–Kier alpha value is -2.51. The Morgan fingerprint density at radius 1 is 1.00 bits per heavy atom. The second-order valence-electron chi connectivity index (χ2n) is 15.0. The molecule has 3 aliphatic rings. The van der Waals surface area contributed by atoms with E-state index in [1.807, 2.05) is 11.8 Å². The van der Waals surface area contributed by atoms with Crippen molar-refractivity contribution in [3.8, 4) is 0 Å². The molecular weight excluding hydrogens is 568 g/mol. The van der Waals surface area contributed by atoms with Gasteiger partial charge in [0.2, 0.25) is 11.8 Å². The number of carbonyl (C=O) groups excluding carboxylic acids is 2. The van der Waals surface area contributed by atoms with Crippen LogP contribution in [-0.4, -0.2) is 58.9 Å². The van der Waals surface area contributed by atoms with Gasteiger partial charge in [0.05, 0.1) is 5.92 Å². The molecule has 2 heterocycles. The van der Waals surface area contributed by atoms with Gasteiger partial charge in [-0.15, -0.1) is 0 Å². The summed E-state index contributed by atoms with van der Waals surface area (Å²) in [6.07, 6.45) is 2.43. The number of piperidine rings is 1. The average Bonchev–Trinajstić information content (AvgIpc) is 3.43. The minimum atomic E-state index is -0.613. The number of fused-ring (bicyclic) bond motifs is 2. The van der Waals surface area contributed by atoms with Crippen LogP contribution in [0.2, 0.25) is 5.02 Å². The second-order valence-corrected chi connectivity index (χ2v) is 15.4. The Labute approximate surface area is 260 Å². The predicted octanol–water partition coefficient (Wildman–Crippen LogP) is 6.88. The number of likely N-dealkylation sites (tertiary alicyclic amines) is 2. The fraction of sp³-hybridized carbons (Fsp3) is 0.600. The molecular formula is C35H46ClF2N3O2. The molecule has 8 heteroatoms. The molecule has 2 fully saturated rings. The van der Waals surface area contributed by atoms with Gasteiger partial charge in [0.15, 0.2) is 0 Å². The number of nitrogens with zero attached hydrogens (tertiary/aromatic N) is 2. The Balaban J connectivity index is 1.43. The average molecular weight is 614 g/mol. The highest BCUT2D eigenvalue weighted by molar-refractivity contribution is 6.31. The summed E-state index contributed by atoms with van der Waals surface area (Å²) in [5.41, 5.74) is 2.66. The SMILES string of the molecule is CC(=O)NC(C)(C)[C@]1(C)CC2(CCN(C(=O)[C@@H]3CN(C(C)(C)C)C[C@H]3c3ccc(F)cc3F)CC2)c2cc(C)c(Cl)cc21. The molecule has 2 aromatic carbocycles. The fourth-order valence-electron chi connectivity index (χ4n) is 8.13. The molecule has 43 heavy (non-hydrogen) atoms. The zero-order chi connectivity index (χ0) is 31.7. The highest BCUT2D eigenvalue weighted by Crippen LogP contribution is 2.59. The Morgan fingerprint density at radius 3 is 2.23 bits per heavy atom. The number of hydrogen-bond acceptors (Lipinski definition) is 3. The van der Waals surface area contributed by atoms with Crippen molar-refractivity contribution in [1.29, 1.82) is 0 Å². The maximum atomic E-state index is 15.0. The van der Waals surface area contributed by atoms with E-state index >= 15 is 4.39 Å². The van der Waals surface area contributed by atoms with Crippen molar-refractivity contribution >= 4 is 23.4 Å². The highest BCUT2D eigenvalue weighted by Gasteiger charge is 2.57. The third-order valence-corrected chi connectivity index (χ3v) is 11.4. The van der Waals surface area contributed by atoms with E-state index in [2.05, 4.69) is 63.9 Å². The lowest BCUT2D eigenvalue weighted by atomic mass is 9.65. The number of amides is 2. The van der Waals surface area contributed by atoms with E-state index in [1.54, 1.807) is 6.92 Å². The molecule has 0 radical (unpaired) electrons. The van der Waals surface area contributed by atoms with Crippen molar-refractivity contribution in [2.75, 3.05) is 26.2 Å². The van der Waals surface area contributed by atoms with Crippen LogP contribution in [0.3, 0.4) is 0 Å². The summed E-state index contributed by atoms with van der Waals surface area (Å²) in [6, 6.07) is 8.02. The van der Waals surface area contributed by atoms with E-state index in [1.165, 1.54) is 23.3 Å². The third-order valence-electron chi connectivity index (χ3n) is 11.0. The van der Waals surface area contributed by atoms with Crippen molar-refractivity contribution < 1.29 is 18.4 Å². The van der Waals surface area contributed by atoms with Crippen molar-refractivity contribution in [1.82, 2.24) is 15.1 Å². The van der Waals surface area contributed by atoms with Crippen LogP contribution in [0, 0.1) is 24.5 Å². The molecule has 5 nitrogen and oxygen atoms in total. The summed E-state index contributed by atoms with van der Waals surface area (Å²) in [5.74, 6) is -1.98. The maximum absolute atomic E-state index is 15.0. The van der Waals surface area contributed by atoms with Gasteiger partial charge in [-0.3, -0.25) is 14.5 Å². The monoisotopic (exact) mass is 613 g/mol. The van der Waals surface area contributed by atoms with Crippen LogP contribution in [-0.2, 0) is 20.4 Å². The first kappa shape index (κ1) is 31.9. The predicted molar refractivity (Wildman–Crippen MR) is 167 cm³/mol. The summed E-state index contributed by atoms with van der Waals surface area (Å²) in [6.45, 7) is 18.6. The maximum Gasteiger partial charge on any atom is 0.227 e. The zero-order valence-corrected chi connectivity index (χ0v) is 27.6. The first-order valence-corrected chi connectivity index (χ1v) is 15.8. The van der Waals surface area contributed by atoms with E-state index in [-0.39, 0.29) is 34.1 Å². The standard InChI is InChI=1S/C35H46ClF2N3O2/c1-21-15-28-27(17-29(21)36)34(8,33(6,7)39-22(2)42)20-35(28)11-13-40(14-12-35)31(43)26-19-41(32(3,4)5)18-25(26)24-10-9-23(37)16-30(24)38/h9-10,15-17,25-26H,11-14,18-20H2,1-8H3,(H,39,42)/t25-,26+,34+/m0/s1. The van der Waals surface area contributed by atoms with E-state index in [4.69, 9.17) is 11.6 Å². The quantitative estimate of drug-likeness (QED) is 0.409. The van der Waals surface area contributed by atoms with Gasteiger partial charge >= 0.3 is 0 Å². The normalized spacial score (nSPS) is 25.7. The van der Waals surface area contributed by atoms with Crippen LogP contribution in [0.4, 0.5) is 8.78 Å². The minimum absolute atomic E-state index is 0.0437. The topological polar surface area (TPSA) is 52.7 Å². The van der Waals surface area contributed by atoms with Gasteiger partial charge in [0.25, 0.3) is 0 Å². The minimum Gasteiger partial charge on any atom is -0.351 e. The molecule has 2 aromatic rings. The van der Waals surface area contributed by atoms with Crippen LogP contribution in [0.5, 0.6) is 0 Å². The van der Waals surface area contributed by atoms with E-state index in [0.717, 1.165) is 35.9 Å². The van der Waals surface area contributed by atoms with Crippen LogP contribution in [0.15, 0.2) is 30.3 Å². The van der Waals surface area contributed by atoms with Gasteiger partial charge in [-0.25, -0.2) is 8.78 Å². The molecule has 2 aliphatic heterocycles. The van der Waals surface area contributed by atoms with Crippen molar-refractivity contribution in [2.24, 2.45) is 5.92 Å². The van der Waals surface area contributed by atoms with E-state index < -0.39 is 23.1 Å². The van der Waals surface area contributed by atoms with Crippen LogP contribution in [0.1, 0.15) is 95.9 Å². The molecule has 1 spiro atoms. The van der Waals surface area contributed by atoms with Crippen LogP contribution in [0.25, 0.3) is 0 Å². The molecule has 0 unspecified atom stereocenters. The number of halogens is 3. The van der Waals surface area contributed by atoms with Crippen molar-refractivity contribution in [3.05, 3.63) is 69.2 Å². The molecule has 2 amide bonds.